The molecule has 0 spiro atoms. The molecule has 1 amide bonds. The maximum absolute atomic E-state index is 11.9. The van der Waals surface area contributed by atoms with Gasteiger partial charge in [0.25, 0.3) is 0 Å². The third-order valence-electron chi connectivity index (χ3n) is 3.91. The molecule has 1 aliphatic rings. The van der Waals surface area contributed by atoms with E-state index in [2.05, 4.69) is 43.3 Å². The molecule has 1 saturated heterocycles. The number of nitrogens with zero attached hydrogens (tertiary/aromatic N) is 2. The minimum absolute atomic E-state index is 0.343. The van der Waals surface area contributed by atoms with E-state index in [1.165, 1.54) is 17.7 Å². The number of amides is 1. The zero-order chi connectivity index (χ0) is 15.1. The monoisotopic (exact) mass is 306 g/mol. The lowest BCUT2D eigenvalue weighted by Crippen LogP contribution is -2.27. The summed E-state index contributed by atoms with van der Waals surface area (Å²) in [5.74, 6) is 2.35. The zero-order valence-electron chi connectivity index (χ0n) is 13.2. The maximum atomic E-state index is 11.9. The quantitative estimate of drug-likeness (QED) is 0.722. The Kier molecular flexibility index (Phi) is 6.43. The standard InChI is InChI=1S/C17H26N2OS/c1-18(2)16-10-8-15(9-11-16)6-4-3-5-7-17(20)19-12-13-21-14-19/h8-11H,3-7,12-14H2,1-2H3. The highest BCUT2D eigenvalue weighted by molar-refractivity contribution is 7.99. The summed E-state index contributed by atoms with van der Waals surface area (Å²) in [6, 6.07) is 8.76. The largest absolute Gasteiger partial charge is 0.378 e. The first-order valence-electron chi connectivity index (χ1n) is 7.78. The molecule has 0 N–H and O–H groups in total. The van der Waals surface area contributed by atoms with Crippen LogP contribution in [0.15, 0.2) is 24.3 Å². The predicted molar refractivity (Wildman–Crippen MR) is 92.0 cm³/mol. The molecule has 116 valence electrons. The summed E-state index contributed by atoms with van der Waals surface area (Å²) in [5, 5.41) is 0. The summed E-state index contributed by atoms with van der Waals surface area (Å²) < 4.78 is 0. The van der Waals surface area contributed by atoms with Crippen molar-refractivity contribution in [1.82, 2.24) is 4.90 Å². The number of unbranched alkanes of at least 4 members (excludes halogenated alkanes) is 2. The smallest absolute Gasteiger partial charge is 0.223 e. The van der Waals surface area contributed by atoms with E-state index in [-0.39, 0.29) is 0 Å². The van der Waals surface area contributed by atoms with Crippen molar-refractivity contribution in [2.45, 2.75) is 32.1 Å². The Labute approximate surface area is 132 Å². The number of anilines is 1. The van der Waals surface area contributed by atoms with Crippen molar-refractivity contribution in [3.05, 3.63) is 29.8 Å². The number of carbonyl (C=O) groups is 1. The SMILES string of the molecule is CN(C)c1ccc(CCCCCC(=O)N2CCSC2)cc1. The summed E-state index contributed by atoms with van der Waals surface area (Å²) in [7, 11) is 4.12. The average molecular weight is 306 g/mol. The molecule has 0 bridgehead atoms. The molecule has 0 radical (unpaired) electrons. The van der Waals surface area contributed by atoms with Gasteiger partial charge in [-0.1, -0.05) is 18.6 Å². The Hall–Kier alpha value is -1.16. The van der Waals surface area contributed by atoms with Crippen LogP contribution in [0.4, 0.5) is 5.69 Å². The molecule has 1 heterocycles. The van der Waals surface area contributed by atoms with Gasteiger partial charge in [0.05, 0.1) is 5.88 Å². The van der Waals surface area contributed by atoms with Gasteiger partial charge in [-0.25, -0.2) is 0 Å². The van der Waals surface area contributed by atoms with Gasteiger partial charge in [0.1, 0.15) is 0 Å². The van der Waals surface area contributed by atoms with Crippen molar-refractivity contribution in [2.75, 3.05) is 37.2 Å². The molecule has 0 aromatic heterocycles. The van der Waals surface area contributed by atoms with Crippen LogP contribution in [0, 0.1) is 0 Å². The van der Waals surface area contributed by atoms with Crippen LogP contribution in [0.25, 0.3) is 0 Å². The number of aryl methyl sites for hydroxylation is 1. The van der Waals surface area contributed by atoms with Crippen LogP contribution in [0.1, 0.15) is 31.2 Å². The summed E-state index contributed by atoms with van der Waals surface area (Å²) in [4.78, 5) is 16.0. The van der Waals surface area contributed by atoms with E-state index in [1.54, 1.807) is 0 Å². The third kappa shape index (κ3) is 5.27. The van der Waals surface area contributed by atoms with Gasteiger partial charge in [-0.05, 0) is 37.0 Å². The summed E-state index contributed by atoms with van der Waals surface area (Å²) in [5.41, 5.74) is 2.63. The summed E-state index contributed by atoms with van der Waals surface area (Å²) in [6.07, 6.45) is 5.17. The van der Waals surface area contributed by atoms with E-state index < -0.39 is 0 Å². The molecule has 2 rings (SSSR count). The Morgan fingerprint density at radius 3 is 2.57 bits per heavy atom. The molecule has 21 heavy (non-hydrogen) atoms. The molecular weight excluding hydrogens is 280 g/mol. The second-order valence-electron chi connectivity index (χ2n) is 5.82. The van der Waals surface area contributed by atoms with Crippen LogP contribution in [0.3, 0.4) is 0 Å². The fourth-order valence-corrected chi connectivity index (χ4v) is 3.48. The highest BCUT2D eigenvalue weighted by atomic mass is 32.2. The molecule has 3 nitrogen and oxygen atoms in total. The fourth-order valence-electron chi connectivity index (χ4n) is 2.51. The molecule has 0 saturated carbocycles. The van der Waals surface area contributed by atoms with Crippen LogP contribution < -0.4 is 4.90 Å². The lowest BCUT2D eigenvalue weighted by Gasteiger charge is -2.14. The highest BCUT2D eigenvalue weighted by Gasteiger charge is 2.17. The van der Waals surface area contributed by atoms with Crippen molar-refractivity contribution in [2.24, 2.45) is 0 Å². The third-order valence-corrected chi connectivity index (χ3v) is 4.88. The number of rotatable bonds is 7. The van der Waals surface area contributed by atoms with Crippen LogP contribution >= 0.6 is 11.8 Å². The lowest BCUT2D eigenvalue weighted by molar-refractivity contribution is -0.129. The van der Waals surface area contributed by atoms with E-state index in [4.69, 9.17) is 0 Å². The molecule has 0 atom stereocenters. The molecule has 4 heteroatoms. The van der Waals surface area contributed by atoms with Crippen molar-refractivity contribution in [1.29, 1.82) is 0 Å². The molecule has 0 unspecified atom stereocenters. The van der Waals surface area contributed by atoms with Gasteiger partial charge >= 0.3 is 0 Å². The van der Waals surface area contributed by atoms with Gasteiger partial charge in [0.2, 0.25) is 5.91 Å². The highest BCUT2D eigenvalue weighted by Crippen LogP contribution is 2.17. The molecule has 1 aliphatic heterocycles. The summed E-state index contributed by atoms with van der Waals surface area (Å²) >= 11 is 1.86. The summed E-state index contributed by atoms with van der Waals surface area (Å²) in [6.45, 7) is 0.946. The Morgan fingerprint density at radius 1 is 1.19 bits per heavy atom. The van der Waals surface area contributed by atoms with Gasteiger partial charge in [-0.2, -0.15) is 0 Å². The number of carbonyl (C=O) groups excluding carboxylic acids is 1. The Balaban J connectivity index is 1.60. The predicted octanol–water partition coefficient (Wildman–Crippen LogP) is 3.39. The first-order chi connectivity index (χ1) is 10.2. The van der Waals surface area contributed by atoms with Crippen LogP contribution in [-0.2, 0) is 11.2 Å². The number of hydrogen-bond donors (Lipinski definition) is 0. The molecule has 0 aliphatic carbocycles. The second-order valence-corrected chi connectivity index (χ2v) is 6.89. The molecule has 1 aromatic rings. The van der Waals surface area contributed by atoms with Gasteiger partial charge in [0.15, 0.2) is 0 Å². The van der Waals surface area contributed by atoms with E-state index in [1.807, 2.05) is 16.7 Å². The average Bonchev–Trinajstić information content (AvgIpc) is 3.01. The number of thioether (sulfide) groups is 1. The maximum Gasteiger partial charge on any atom is 0.223 e. The van der Waals surface area contributed by atoms with Crippen molar-refractivity contribution in [3.8, 4) is 0 Å². The topological polar surface area (TPSA) is 23.6 Å². The van der Waals surface area contributed by atoms with Crippen molar-refractivity contribution in [3.63, 3.8) is 0 Å². The minimum Gasteiger partial charge on any atom is -0.378 e. The first-order valence-corrected chi connectivity index (χ1v) is 8.94. The fraction of sp³-hybridized carbons (Fsp3) is 0.588. The molecule has 1 aromatic carbocycles. The van der Waals surface area contributed by atoms with Gasteiger partial charge in [-0.15, -0.1) is 11.8 Å². The molecule has 1 fully saturated rings. The normalized spacial score (nSPS) is 14.5. The van der Waals surface area contributed by atoms with E-state index >= 15 is 0 Å². The van der Waals surface area contributed by atoms with E-state index in [0.717, 1.165) is 43.9 Å². The van der Waals surface area contributed by atoms with E-state index in [9.17, 15) is 4.79 Å². The number of benzene rings is 1. The zero-order valence-corrected chi connectivity index (χ0v) is 14.0. The van der Waals surface area contributed by atoms with Crippen molar-refractivity contribution >= 4 is 23.4 Å². The van der Waals surface area contributed by atoms with Gasteiger partial charge < -0.3 is 9.80 Å². The van der Waals surface area contributed by atoms with Gasteiger partial charge in [0, 0.05) is 38.5 Å². The first kappa shape index (κ1) is 16.2. The Bertz CT molecular complexity index is 439. The second kappa shape index (κ2) is 8.32. The lowest BCUT2D eigenvalue weighted by atomic mass is 10.1. The van der Waals surface area contributed by atoms with Crippen LogP contribution in [-0.4, -0.2) is 43.1 Å². The Morgan fingerprint density at radius 2 is 1.95 bits per heavy atom. The number of hydrogen-bond acceptors (Lipinski definition) is 3. The van der Waals surface area contributed by atoms with Crippen LogP contribution in [0.5, 0.6) is 0 Å². The minimum atomic E-state index is 0.343. The van der Waals surface area contributed by atoms with Gasteiger partial charge in [-0.3, -0.25) is 4.79 Å². The van der Waals surface area contributed by atoms with Crippen molar-refractivity contribution < 1.29 is 4.79 Å². The van der Waals surface area contributed by atoms with Crippen LogP contribution in [0.2, 0.25) is 0 Å². The van der Waals surface area contributed by atoms with E-state index in [0.29, 0.717) is 5.91 Å². The molecular formula is C17H26N2OS.